The highest BCUT2D eigenvalue weighted by Gasteiger charge is 2.10. The Labute approximate surface area is 107 Å². The lowest BCUT2D eigenvalue weighted by Gasteiger charge is -2.15. The second-order valence-electron chi connectivity index (χ2n) is 4.68. The molecule has 0 fully saturated rings. The summed E-state index contributed by atoms with van der Waals surface area (Å²) in [5.74, 6) is 0.0552. The summed E-state index contributed by atoms with van der Waals surface area (Å²) in [7, 11) is 0. The summed E-state index contributed by atoms with van der Waals surface area (Å²) in [5, 5.41) is 0. The Kier molecular flexibility index (Phi) is 4.11. The Bertz CT molecular complexity index is 505. The van der Waals surface area contributed by atoms with Crippen LogP contribution < -0.4 is 5.73 Å². The van der Waals surface area contributed by atoms with Crippen LogP contribution in [0.3, 0.4) is 0 Å². The van der Waals surface area contributed by atoms with Crippen molar-refractivity contribution in [2.45, 2.75) is 19.3 Å². The predicted octanol–water partition coefficient (Wildman–Crippen LogP) is 3.42. The maximum atomic E-state index is 13.1. The average molecular weight is 243 g/mol. The lowest BCUT2D eigenvalue weighted by Crippen LogP contribution is -2.15. The number of benzene rings is 2. The SMILES string of the molecule is Cc1ccc(C(CN)Cc2cccc(F)c2)cc1. The molecule has 0 aliphatic heterocycles. The second-order valence-corrected chi connectivity index (χ2v) is 4.68. The van der Waals surface area contributed by atoms with Gasteiger partial charge in [-0.15, -0.1) is 0 Å². The van der Waals surface area contributed by atoms with Crippen molar-refractivity contribution < 1.29 is 4.39 Å². The van der Waals surface area contributed by atoms with Crippen LogP contribution in [0.1, 0.15) is 22.6 Å². The molecule has 0 heterocycles. The maximum Gasteiger partial charge on any atom is 0.123 e. The highest BCUT2D eigenvalue weighted by Crippen LogP contribution is 2.20. The van der Waals surface area contributed by atoms with Crippen LogP contribution in [0.15, 0.2) is 48.5 Å². The van der Waals surface area contributed by atoms with Gasteiger partial charge in [-0.25, -0.2) is 4.39 Å². The molecule has 18 heavy (non-hydrogen) atoms. The zero-order valence-electron chi connectivity index (χ0n) is 10.6. The molecule has 0 saturated carbocycles. The third-order valence-corrected chi connectivity index (χ3v) is 3.20. The van der Waals surface area contributed by atoms with Crippen molar-refractivity contribution in [3.63, 3.8) is 0 Å². The lowest BCUT2D eigenvalue weighted by molar-refractivity contribution is 0.621. The van der Waals surface area contributed by atoms with Crippen molar-refractivity contribution in [2.24, 2.45) is 5.73 Å². The molecule has 2 N–H and O–H groups in total. The van der Waals surface area contributed by atoms with Gasteiger partial charge in [0, 0.05) is 5.92 Å². The van der Waals surface area contributed by atoms with Crippen molar-refractivity contribution in [2.75, 3.05) is 6.54 Å². The number of aryl methyl sites for hydroxylation is 1. The quantitative estimate of drug-likeness (QED) is 0.874. The Balaban J connectivity index is 2.17. The van der Waals surface area contributed by atoms with Crippen molar-refractivity contribution in [1.29, 1.82) is 0 Å². The summed E-state index contributed by atoms with van der Waals surface area (Å²) in [5.41, 5.74) is 9.28. The molecule has 0 aromatic heterocycles. The molecule has 1 nitrogen and oxygen atoms in total. The van der Waals surface area contributed by atoms with Gasteiger partial charge >= 0.3 is 0 Å². The van der Waals surface area contributed by atoms with Gasteiger partial charge in [-0.1, -0.05) is 42.0 Å². The van der Waals surface area contributed by atoms with E-state index in [4.69, 9.17) is 5.73 Å². The van der Waals surface area contributed by atoms with Crippen LogP contribution in [0, 0.1) is 12.7 Å². The Hall–Kier alpha value is -1.67. The summed E-state index contributed by atoms with van der Waals surface area (Å²) in [4.78, 5) is 0. The molecule has 0 amide bonds. The molecule has 0 aliphatic carbocycles. The van der Waals surface area contributed by atoms with E-state index < -0.39 is 0 Å². The normalized spacial score (nSPS) is 12.4. The summed E-state index contributed by atoms with van der Waals surface area (Å²) < 4.78 is 13.1. The number of hydrogen-bond acceptors (Lipinski definition) is 1. The molecule has 0 radical (unpaired) electrons. The molecule has 1 atom stereocenters. The van der Waals surface area contributed by atoms with Crippen LogP contribution in [0.25, 0.3) is 0 Å². The fraction of sp³-hybridized carbons (Fsp3) is 0.250. The second kappa shape index (κ2) is 5.78. The minimum Gasteiger partial charge on any atom is -0.330 e. The van der Waals surface area contributed by atoms with E-state index in [1.54, 1.807) is 12.1 Å². The molecular formula is C16H18FN. The van der Waals surface area contributed by atoms with Crippen LogP contribution in [-0.4, -0.2) is 6.54 Å². The highest BCUT2D eigenvalue weighted by molar-refractivity contribution is 5.27. The van der Waals surface area contributed by atoms with E-state index in [1.807, 2.05) is 6.07 Å². The first-order chi connectivity index (χ1) is 8.69. The van der Waals surface area contributed by atoms with Gasteiger partial charge < -0.3 is 5.73 Å². The van der Waals surface area contributed by atoms with Gasteiger partial charge in [-0.3, -0.25) is 0 Å². The third kappa shape index (κ3) is 3.17. The Morgan fingerprint density at radius 1 is 1.11 bits per heavy atom. The molecule has 94 valence electrons. The predicted molar refractivity (Wildman–Crippen MR) is 73.1 cm³/mol. The lowest BCUT2D eigenvalue weighted by atomic mass is 9.91. The largest absolute Gasteiger partial charge is 0.330 e. The molecule has 0 aliphatic rings. The van der Waals surface area contributed by atoms with Gasteiger partial charge in [-0.05, 0) is 43.1 Å². The minimum absolute atomic E-state index is 0.188. The smallest absolute Gasteiger partial charge is 0.123 e. The summed E-state index contributed by atoms with van der Waals surface area (Å²) in [6, 6.07) is 15.1. The van der Waals surface area contributed by atoms with E-state index in [0.717, 1.165) is 12.0 Å². The van der Waals surface area contributed by atoms with E-state index >= 15 is 0 Å². The number of rotatable bonds is 4. The molecule has 0 bridgehead atoms. The summed E-state index contributed by atoms with van der Waals surface area (Å²) in [6.07, 6.45) is 0.775. The fourth-order valence-corrected chi connectivity index (χ4v) is 2.12. The van der Waals surface area contributed by atoms with Crippen LogP contribution >= 0.6 is 0 Å². The van der Waals surface area contributed by atoms with Crippen molar-refractivity contribution >= 4 is 0 Å². The number of hydrogen-bond donors (Lipinski definition) is 1. The van der Waals surface area contributed by atoms with Gasteiger partial charge in [0.2, 0.25) is 0 Å². The van der Waals surface area contributed by atoms with E-state index in [9.17, 15) is 4.39 Å². The van der Waals surface area contributed by atoms with Crippen LogP contribution in [0.5, 0.6) is 0 Å². The first kappa shape index (κ1) is 12.8. The van der Waals surface area contributed by atoms with Gasteiger partial charge in [-0.2, -0.15) is 0 Å². The monoisotopic (exact) mass is 243 g/mol. The topological polar surface area (TPSA) is 26.0 Å². The van der Waals surface area contributed by atoms with E-state index in [2.05, 4.69) is 31.2 Å². The molecule has 2 heteroatoms. The minimum atomic E-state index is -0.188. The fourth-order valence-electron chi connectivity index (χ4n) is 2.12. The van der Waals surface area contributed by atoms with Gasteiger partial charge in [0.1, 0.15) is 5.82 Å². The van der Waals surface area contributed by atoms with Crippen molar-refractivity contribution in [1.82, 2.24) is 0 Å². The van der Waals surface area contributed by atoms with E-state index in [1.165, 1.54) is 17.2 Å². The van der Waals surface area contributed by atoms with Gasteiger partial charge in [0.05, 0.1) is 0 Å². The molecule has 2 aromatic carbocycles. The summed E-state index contributed by atoms with van der Waals surface area (Å²) >= 11 is 0. The molecule has 0 saturated heterocycles. The number of halogens is 1. The number of nitrogens with two attached hydrogens (primary N) is 1. The molecule has 2 rings (SSSR count). The zero-order valence-corrected chi connectivity index (χ0v) is 10.6. The molecule has 0 spiro atoms. The van der Waals surface area contributed by atoms with Gasteiger partial charge in [0.15, 0.2) is 0 Å². The van der Waals surface area contributed by atoms with E-state index in [0.29, 0.717) is 6.54 Å². The highest BCUT2D eigenvalue weighted by atomic mass is 19.1. The first-order valence-electron chi connectivity index (χ1n) is 6.20. The standard InChI is InChI=1S/C16H18FN/c1-12-5-7-14(8-6-12)15(11-18)9-13-3-2-4-16(17)10-13/h2-8,10,15H,9,11,18H2,1H3. The maximum absolute atomic E-state index is 13.1. The summed E-state index contributed by atoms with van der Waals surface area (Å²) in [6.45, 7) is 2.63. The first-order valence-corrected chi connectivity index (χ1v) is 6.20. The van der Waals surface area contributed by atoms with Gasteiger partial charge in [0.25, 0.3) is 0 Å². The third-order valence-electron chi connectivity index (χ3n) is 3.20. The molecule has 2 aromatic rings. The van der Waals surface area contributed by atoms with E-state index in [-0.39, 0.29) is 11.7 Å². The van der Waals surface area contributed by atoms with Crippen LogP contribution in [0.4, 0.5) is 4.39 Å². The molecular weight excluding hydrogens is 225 g/mol. The van der Waals surface area contributed by atoms with Crippen molar-refractivity contribution in [3.05, 3.63) is 71.0 Å². The Morgan fingerprint density at radius 2 is 1.83 bits per heavy atom. The van der Waals surface area contributed by atoms with Crippen LogP contribution in [-0.2, 0) is 6.42 Å². The van der Waals surface area contributed by atoms with Crippen LogP contribution in [0.2, 0.25) is 0 Å². The average Bonchev–Trinajstić information content (AvgIpc) is 2.37. The molecule has 1 unspecified atom stereocenters. The zero-order chi connectivity index (χ0) is 13.0. The van der Waals surface area contributed by atoms with Crippen molar-refractivity contribution in [3.8, 4) is 0 Å². The Morgan fingerprint density at radius 3 is 2.44 bits per heavy atom.